The van der Waals surface area contributed by atoms with Crippen LogP contribution in [0, 0.1) is 13.8 Å². The summed E-state index contributed by atoms with van der Waals surface area (Å²) in [6, 6.07) is 6.09. The van der Waals surface area contributed by atoms with Gasteiger partial charge in [-0.3, -0.25) is 9.48 Å². The third-order valence-corrected chi connectivity index (χ3v) is 3.51. The number of ether oxygens (including phenoxy) is 1. The van der Waals surface area contributed by atoms with Crippen LogP contribution in [-0.4, -0.2) is 28.5 Å². The van der Waals surface area contributed by atoms with Gasteiger partial charge in [-0.15, -0.1) is 0 Å². The van der Waals surface area contributed by atoms with Gasteiger partial charge in [-0.05, 0) is 31.5 Å². The molecule has 0 atom stereocenters. The van der Waals surface area contributed by atoms with Crippen LogP contribution in [0.4, 0.5) is 13.2 Å². The summed E-state index contributed by atoms with van der Waals surface area (Å²) in [5.41, 5.74) is 2.69. The molecule has 0 aliphatic heterocycles. The summed E-state index contributed by atoms with van der Waals surface area (Å²) < 4.78 is 42.5. The first-order chi connectivity index (χ1) is 11.2. The van der Waals surface area contributed by atoms with Gasteiger partial charge in [0, 0.05) is 19.3 Å². The molecule has 0 saturated carbocycles. The molecule has 1 amide bonds. The fourth-order valence-electron chi connectivity index (χ4n) is 2.24. The van der Waals surface area contributed by atoms with Crippen molar-refractivity contribution >= 4 is 5.91 Å². The first-order valence-corrected chi connectivity index (χ1v) is 7.24. The lowest BCUT2D eigenvalue weighted by atomic mass is 10.1. The second-order valence-electron chi connectivity index (χ2n) is 5.40. The van der Waals surface area contributed by atoms with E-state index in [0.717, 1.165) is 11.3 Å². The summed E-state index contributed by atoms with van der Waals surface area (Å²) in [5.74, 6) is -0.114. The lowest BCUT2D eigenvalue weighted by Gasteiger charge is -2.10. The molecular weight excluding hydrogens is 323 g/mol. The Morgan fingerprint density at radius 2 is 1.88 bits per heavy atom. The van der Waals surface area contributed by atoms with Gasteiger partial charge in [0.1, 0.15) is 5.75 Å². The second-order valence-corrected chi connectivity index (χ2v) is 5.40. The van der Waals surface area contributed by atoms with Gasteiger partial charge in [0.2, 0.25) is 0 Å². The third-order valence-electron chi connectivity index (χ3n) is 3.51. The number of alkyl halides is 3. The second kappa shape index (κ2) is 6.94. The van der Waals surface area contributed by atoms with Gasteiger partial charge in [0.15, 0.2) is 6.61 Å². The molecule has 1 aromatic heterocycles. The van der Waals surface area contributed by atoms with Crippen LogP contribution in [0.25, 0.3) is 0 Å². The van der Waals surface area contributed by atoms with Gasteiger partial charge < -0.3 is 10.1 Å². The van der Waals surface area contributed by atoms with Crippen molar-refractivity contribution in [3.05, 3.63) is 46.8 Å². The third kappa shape index (κ3) is 4.50. The number of aryl methyl sites for hydroxylation is 2. The van der Waals surface area contributed by atoms with Crippen LogP contribution in [0.5, 0.6) is 5.75 Å². The van der Waals surface area contributed by atoms with Crippen molar-refractivity contribution in [1.29, 1.82) is 0 Å². The molecule has 0 saturated heterocycles. The average molecular weight is 341 g/mol. The van der Waals surface area contributed by atoms with Crippen LogP contribution in [0.15, 0.2) is 24.3 Å². The van der Waals surface area contributed by atoms with E-state index in [4.69, 9.17) is 0 Å². The van der Waals surface area contributed by atoms with Gasteiger partial charge in [-0.2, -0.15) is 18.3 Å². The van der Waals surface area contributed by atoms with Crippen molar-refractivity contribution in [2.45, 2.75) is 26.6 Å². The zero-order valence-corrected chi connectivity index (χ0v) is 13.6. The summed E-state index contributed by atoms with van der Waals surface area (Å²) in [6.45, 7) is 2.49. The molecule has 0 bridgehead atoms. The van der Waals surface area contributed by atoms with Crippen LogP contribution in [0.2, 0.25) is 0 Å². The zero-order valence-electron chi connectivity index (χ0n) is 13.6. The minimum Gasteiger partial charge on any atom is -0.484 e. The Balaban J connectivity index is 1.93. The molecule has 24 heavy (non-hydrogen) atoms. The van der Waals surface area contributed by atoms with Gasteiger partial charge in [0.05, 0.1) is 11.3 Å². The number of hydrogen-bond donors (Lipinski definition) is 1. The molecule has 8 heteroatoms. The monoisotopic (exact) mass is 341 g/mol. The molecule has 0 unspecified atom stereocenters. The minimum atomic E-state index is -4.37. The van der Waals surface area contributed by atoms with E-state index in [9.17, 15) is 18.0 Å². The molecule has 1 aromatic carbocycles. The number of benzene rings is 1. The fraction of sp³-hybridized carbons (Fsp3) is 0.375. The summed E-state index contributed by atoms with van der Waals surface area (Å²) in [7, 11) is 1.76. The molecule has 0 radical (unpaired) electrons. The number of nitrogens with zero attached hydrogens (tertiary/aromatic N) is 2. The van der Waals surface area contributed by atoms with E-state index in [0.29, 0.717) is 11.3 Å². The summed E-state index contributed by atoms with van der Waals surface area (Å²) in [4.78, 5) is 12.2. The minimum absolute atomic E-state index is 0.126. The van der Waals surface area contributed by atoms with E-state index < -0.39 is 12.8 Å². The fourth-order valence-corrected chi connectivity index (χ4v) is 2.24. The molecule has 130 valence electrons. The van der Waals surface area contributed by atoms with E-state index in [-0.39, 0.29) is 18.2 Å². The molecule has 0 aliphatic carbocycles. The lowest BCUT2D eigenvalue weighted by molar-refractivity contribution is -0.153. The Morgan fingerprint density at radius 1 is 1.25 bits per heavy atom. The van der Waals surface area contributed by atoms with E-state index in [1.807, 2.05) is 6.92 Å². The van der Waals surface area contributed by atoms with Gasteiger partial charge in [0.25, 0.3) is 5.91 Å². The quantitative estimate of drug-likeness (QED) is 0.910. The highest BCUT2D eigenvalue weighted by molar-refractivity contribution is 5.96. The van der Waals surface area contributed by atoms with Gasteiger partial charge >= 0.3 is 6.18 Å². The highest BCUT2D eigenvalue weighted by atomic mass is 19.4. The number of carbonyl (C=O) groups is 1. The number of aromatic nitrogens is 2. The SMILES string of the molecule is Cc1nn(C)c(C)c1C(=O)NCc1ccc(OCC(F)(F)F)cc1. The van der Waals surface area contributed by atoms with Crippen LogP contribution in [0.1, 0.15) is 27.3 Å². The molecule has 1 N–H and O–H groups in total. The predicted octanol–water partition coefficient (Wildman–Crippen LogP) is 2.91. The molecule has 0 spiro atoms. The maximum Gasteiger partial charge on any atom is 0.422 e. The molecule has 2 rings (SSSR count). The molecular formula is C16H18F3N3O2. The van der Waals surface area contributed by atoms with E-state index in [2.05, 4.69) is 15.2 Å². The molecule has 0 fully saturated rings. The van der Waals surface area contributed by atoms with Crippen molar-refractivity contribution in [1.82, 2.24) is 15.1 Å². The smallest absolute Gasteiger partial charge is 0.422 e. The van der Waals surface area contributed by atoms with Crippen molar-refractivity contribution < 1.29 is 22.7 Å². The van der Waals surface area contributed by atoms with Crippen molar-refractivity contribution in [2.24, 2.45) is 7.05 Å². The predicted molar refractivity (Wildman–Crippen MR) is 81.8 cm³/mol. The summed E-state index contributed by atoms with van der Waals surface area (Å²) in [6.07, 6.45) is -4.37. The Bertz CT molecular complexity index is 721. The first kappa shape index (κ1) is 17.8. The number of amides is 1. The number of rotatable bonds is 5. The standard InChI is InChI=1S/C16H18F3N3O2/c1-10-14(11(2)22(3)21-10)15(23)20-8-12-4-6-13(7-5-12)24-9-16(17,18)19/h4-7H,8-9H2,1-3H3,(H,20,23). The van der Waals surface area contributed by atoms with Crippen LogP contribution >= 0.6 is 0 Å². The summed E-state index contributed by atoms with van der Waals surface area (Å²) >= 11 is 0. The number of hydrogen-bond acceptors (Lipinski definition) is 3. The van der Waals surface area contributed by atoms with Crippen LogP contribution in [-0.2, 0) is 13.6 Å². The maximum atomic E-state index is 12.2. The Morgan fingerprint density at radius 3 is 2.38 bits per heavy atom. The van der Waals surface area contributed by atoms with Gasteiger partial charge in [-0.25, -0.2) is 0 Å². The number of nitrogens with one attached hydrogen (secondary N) is 1. The number of halogens is 3. The normalized spacial score (nSPS) is 11.4. The Kier molecular flexibility index (Phi) is 5.16. The highest BCUT2D eigenvalue weighted by Crippen LogP contribution is 2.19. The largest absolute Gasteiger partial charge is 0.484 e. The first-order valence-electron chi connectivity index (χ1n) is 7.24. The van der Waals surface area contributed by atoms with Crippen LogP contribution in [0.3, 0.4) is 0 Å². The van der Waals surface area contributed by atoms with Crippen molar-refractivity contribution in [2.75, 3.05) is 6.61 Å². The Hall–Kier alpha value is -2.51. The van der Waals surface area contributed by atoms with Gasteiger partial charge in [-0.1, -0.05) is 12.1 Å². The van der Waals surface area contributed by atoms with Crippen molar-refractivity contribution in [3.63, 3.8) is 0 Å². The average Bonchev–Trinajstić information content (AvgIpc) is 2.76. The molecule has 2 aromatic rings. The highest BCUT2D eigenvalue weighted by Gasteiger charge is 2.28. The van der Waals surface area contributed by atoms with E-state index in [1.54, 1.807) is 30.8 Å². The van der Waals surface area contributed by atoms with E-state index in [1.165, 1.54) is 12.1 Å². The van der Waals surface area contributed by atoms with E-state index >= 15 is 0 Å². The van der Waals surface area contributed by atoms with Crippen LogP contribution < -0.4 is 10.1 Å². The Labute approximate surface area is 137 Å². The molecule has 5 nitrogen and oxygen atoms in total. The zero-order chi connectivity index (χ0) is 17.9. The molecule has 1 heterocycles. The topological polar surface area (TPSA) is 56.2 Å². The lowest BCUT2D eigenvalue weighted by Crippen LogP contribution is -2.24. The van der Waals surface area contributed by atoms with Crippen molar-refractivity contribution in [3.8, 4) is 5.75 Å². The number of carbonyl (C=O) groups excluding carboxylic acids is 1. The maximum absolute atomic E-state index is 12.2. The summed E-state index contributed by atoms with van der Waals surface area (Å²) in [5, 5.41) is 6.96. The molecule has 0 aliphatic rings.